The van der Waals surface area contributed by atoms with E-state index in [2.05, 4.69) is 15.9 Å². The van der Waals surface area contributed by atoms with Crippen molar-refractivity contribution in [1.82, 2.24) is 0 Å². The van der Waals surface area contributed by atoms with Crippen LogP contribution in [0.25, 0.3) is 0 Å². The molecule has 5 heteroatoms. The molecule has 1 heterocycles. The normalized spacial score (nSPS) is 25.4. The Morgan fingerprint density at radius 1 is 1.53 bits per heavy atom. The topological polar surface area (TPSA) is 56.7 Å². The molecule has 1 aromatic rings. The predicted octanol–water partition coefficient (Wildman–Crippen LogP) is -0.124. The minimum Gasteiger partial charge on any atom is -0.544 e. The molecule has 3 nitrogen and oxygen atoms in total. The molecule has 1 aliphatic heterocycles. The summed E-state index contributed by atoms with van der Waals surface area (Å²) in [5.41, 5.74) is 1.13. The Bertz CT molecular complexity index is 385. The molecule has 0 saturated carbocycles. The van der Waals surface area contributed by atoms with Crippen LogP contribution in [-0.4, -0.2) is 17.8 Å². The van der Waals surface area contributed by atoms with Gasteiger partial charge in [0.1, 0.15) is 12.0 Å². The Hall–Kier alpha value is -0.520. The predicted molar refractivity (Wildman–Crippen MR) is 60.1 cm³/mol. The summed E-state index contributed by atoms with van der Waals surface area (Å²) in [6.07, 6.45) is 0. The summed E-state index contributed by atoms with van der Waals surface area (Å²) in [7, 11) is 0. The number of nitrogens with two attached hydrogens (primary N) is 1. The summed E-state index contributed by atoms with van der Waals surface area (Å²) in [5, 5.41) is 12.7. The van der Waals surface area contributed by atoms with E-state index in [1.807, 2.05) is 29.6 Å². The molecule has 1 saturated heterocycles. The molecule has 0 amide bonds. The van der Waals surface area contributed by atoms with Crippen LogP contribution >= 0.6 is 27.7 Å². The first kappa shape index (κ1) is 11.0. The van der Waals surface area contributed by atoms with Crippen molar-refractivity contribution in [1.29, 1.82) is 0 Å². The van der Waals surface area contributed by atoms with Crippen LogP contribution in [0.3, 0.4) is 0 Å². The molecule has 0 aromatic heterocycles. The lowest BCUT2D eigenvalue weighted by Crippen LogP contribution is -2.90. The smallest absolute Gasteiger partial charge is 0.160 e. The quantitative estimate of drug-likeness (QED) is 0.825. The van der Waals surface area contributed by atoms with Crippen molar-refractivity contribution in [3.8, 4) is 0 Å². The van der Waals surface area contributed by atoms with Gasteiger partial charge in [0.05, 0.1) is 5.75 Å². The van der Waals surface area contributed by atoms with Crippen LogP contribution in [0.15, 0.2) is 28.7 Å². The number of benzene rings is 1. The van der Waals surface area contributed by atoms with Gasteiger partial charge < -0.3 is 15.2 Å². The Kier molecular flexibility index (Phi) is 3.33. The van der Waals surface area contributed by atoms with E-state index in [4.69, 9.17) is 0 Å². The van der Waals surface area contributed by atoms with Gasteiger partial charge in [0.25, 0.3) is 0 Å². The number of quaternary nitrogens is 1. The number of hydrogen-bond acceptors (Lipinski definition) is 3. The van der Waals surface area contributed by atoms with Crippen molar-refractivity contribution < 1.29 is 15.2 Å². The van der Waals surface area contributed by atoms with Crippen molar-refractivity contribution in [3.63, 3.8) is 0 Å². The lowest BCUT2D eigenvalue weighted by atomic mass is 10.2. The van der Waals surface area contributed by atoms with Crippen LogP contribution in [0, 0.1) is 0 Å². The fraction of sp³-hybridized carbons (Fsp3) is 0.300. The van der Waals surface area contributed by atoms with Crippen molar-refractivity contribution in [2.75, 3.05) is 5.75 Å². The van der Waals surface area contributed by atoms with Gasteiger partial charge in [-0.05, 0) is 6.07 Å². The van der Waals surface area contributed by atoms with Crippen LogP contribution in [0.2, 0.25) is 0 Å². The van der Waals surface area contributed by atoms with Crippen LogP contribution < -0.4 is 10.4 Å². The van der Waals surface area contributed by atoms with E-state index in [0.29, 0.717) is 5.75 Å². The third kappa shape index (κ3) is 2.35. The summed E-state index contributed by atoms with van der Waals surface area (Å²) in [5.74, 6) is -0.369. The van der Waals surface area contributed by atoms with Gasteiger partial charge in [-0.2, -0.15) is 0 Å². The Balaban J connectivity index is 2.14. The molecule has 1 aromatic carbocycles. The zero-order valence-electron chi connectivity index (χ0n) is 7.85. The second kappa shape index (κ2) is 4.55. The zero-order chi connectivity index (χ0) is 10.8. The summed E-state index contributed by atoms with van der Waals surface area (Å²) >= 11 is 5.11. The minimum absolute atomic E-state index is 0.156. The van der Waals surface area contributed by atoms with Gasteiger partial charge in [-0.25, -0.2) is 0 Å². The first-order chi connectivity index (χ1) is 7.18. The number of carbonyl (C=O) groups excluding carboxylic acids is 1. The number of carbonyl (C=O) groups is 1. The van der Waals surface area contributed by atoms with Crippen LogP contribution in [0.1, 0.15) is 10.9 Å². The number of halogens is 1. The summed E-state index contributed by atoms with van der Waals surface area (Å²) in [6, 6.07) is 7.46. The lowest BCUT2D eigenvalue weighted by Gasteiger charge is -2.11. The average molecular weight is 288 g/mol. The largest absolute Gasteiger partial charge is 0.544 e. The maximum atomic E-state index is 10.7. The average Bonchev–Trinajstić information content (AvgIpc) is 2.67. The molecule has 0 radical (unpaired) electrons. The SMILES string of the molecule is O=C([O-])[C@@H]1CS[C@H](c2ccccc2Br)[NH2+]1. The van der Waals surface area contributed by atoms with Crippen molar-refractivity contribution in [3.05, 3.63) is 34.3 Å². The van der Waals surface area contributed by atoms with Crippen LogP contribution in [-0.2, 0) is 4.79 Å². The summed E-state index contributed by atoms with van der Waals surface area (Å²) in [4.78, 5) is 10.7. The Morgan fingerprint density at radius 2 is 2.27 bits per heavy atom. The van der Waals surface area contributed by atoms with Gasteiger partial charge in [-0.1, -0.05) is 45.9 Å². The van der Waals surface area contributed by atoms with E-state index in [-0.39, 0.29) is 5.37 Å². The molecule has 0 bridgehead atoms. The molecule has 0 spiro atoms. The highest BCUT2D eigenvalue weighted by Crippen LogP contribution is 2.31. The second-order valence-electron chi connectivity index (χ2n) is 3.39. The first-order valence-electron chi connectivity index (χ1n) is 4.60. The standard InChI is InChI=1S/C10H10BrNO2S/c11-7-4-2-1-3-6(7)9-12-8(5-15-9)10(13)14/h1-4,8-9,12H,5H2,(H,13,14)/t8-,9+/m0/s1. The van der Waals surface area contributed by atoms with Crippen molar-refractivity contribution >= 4 is 33.7 Å². The van der Waals surface area contributed by atoms with E-state index >= 15 is 0 Å². The molecule has 80 valence electrons. The number of carboxylic acid groups (broad SMARTS) is 1. The highest BCUT2D eigenvalue weighted by Gasteiger charge is 2.31. The zero-order valence-corrected chi connectivity index (χ0v) is 10.3. The van der Waals surface area contributed by atoms with Crippen LogP contribution in [0.5, 0.6) is 0 Å². The summed E-state index contributed by atoms with van der Waals surface area (Å²) < 4.78 is 1.03. The Labute approximate surface area is 100 Å². The molecule has 2 N–H and O–H groups in total. The highest BCUT2D eigenvalue weighted by atomic mass is 79.9. The highest BCUT2D eigenvalue weighted by molar-refractivity contribution is 9.10. The number of carboxylic acids is 1. The maximum absolute atomic E-state index is 10.7. The lowest BCUT2D eigenvalue weighted by molar-refractivity contribution is -0.690. The van der Waals surface area contributed by atoms with E-state index in [1.54, 1.807) is 11.8 Å². The number of aliphatic carboxylic acids is 1. The minimum atomic E-state index is -0.975. The van der Waals surface area contributed by atoms with Gasteiger partial charge in [0.2, 0.25) is 0 Å². The molecular formula is C10H10BrNO2S. The van der Waals surface area contributed by atoms with Gasteiger partial charge in [-0.3, -0.25) is 0 Å². The van der Waals surface area contributed by atoms with E-state index in [9.17, 15) is 9.90 Å². The second-order valence-corrected chi connectivity index (χ2v) is 5.42. The molecule has 0 aliphatic carbocycles. The molecule has 0 unspecified atom stereocenters. The summed E-state index contributed by atoms with van der Waals surface area (Å²) in [6.45, 7) is 0. The molecule has 15 heavy (non-hydrogen) atoms. The van der Waals surface area contributed by atoms with Gasteiger partial charge in [0, 0.05) is 10.0 Å². The third-order valence-corrected chi connectivity index (χ3v) is 4.42. The molecular weight excluding hydrogens is 278 g/mol. The fourth-order valence-electron chi connectivity index (χ4n) is 1.58. The van der Waals surface area contributed by atoms with E-state index in [1.165, 1.54) is 0 Å². The number of hydrogen-bond donors (Lipinski definition) is 1. The molecule has 1 aliphatic rings. The number of rotatable bonds is 2. The van der Waals surface area contributed by atoms with Crippen molar-refractivity contribution in [2.24, 2.45) is 0 Å². The van der Waals surface area contributed by atoms with Gasteiger partial charge >= 0.3 is 0 Å². The fourth-order valence-corrected chi connectivity index (χ4v) is 3.61. The number of thioether (sulfide) groups is 1. The van der Waals surface area contributed by atoms with E-state index in [0.717, 1.165) is 10.0 Å². The van der Waals surface area contributed by atoms with Gasteiger partial charge in [-0.15, -0.1) is 0 Å². The monoisotopic (exact) mass is 287 g/mol. The van der Waals surface area contributed by atoms with E-state index < -0.39 is 12.0 Å². The Morgan fingerprint density at radius 3 is 2.87 bits per heavy atom. The third-order valence-electron chi connectivity index (χ3n) is 2.38. The van der Waals surface area contributed by atoms with Gasteiger partial charge in [0.15, 0.2) is 5.37 Å². The molecule has 2 rings (SSSR count). The van der Waals surface area contributed by atoms with Crippen molar-refractivity contribution in [2.45, 2.75) is 11.4 Å². The first-order valence-corrected chi connectivity index (χ1v) is 6.44. The van der Waals surface area contributed by atoms with Crippen LogP contribution in [0.4, 0.5) is 0 Å². The maximum Gasteiger partial charge on any atom is 0.160 e. The molecule has 1 fully saturated rings. The molecule has 2 atom stereocenters.